The van der Waals surface area contributed by atoms with E-state index in [0.29, 0.717) is 0 Å². The maximum Gasteiger partial charge on any atom is 0.311 e. The molecule has 0 saturated heterocycles. The summed E-state index contributed by atoms with van der Waals surface area (Å²) in [7, 11) is 0. The second kappa shape index (κ2) is 2.79. The van der Waals surface area contributed by atoms with Gasteiger partial charge in [0.1, 0.15) is 0 Å². The van der Waals surface area contributed by atoms with Gasteiger partial charge in [-0.25, -0.2) is 0 Å². The van der Waals surface area contributed by atoms with E-state index in [0.717, 1.165) is 4.88 Å². The van der Waals surface area contributed by atoms with Crippen molar-refractivity contribution in [3.05, 3.63) is 16.6 Å². The Morgan fingerprint density at radius 2 is 2.60 bits per heavy atom. The van der Waals surface area contributed by atoms with Gasteiger partial charge in [-0.1, -0.05) is 0 Å². The molecule has 3 nitrogen and oxygen atoms in total. The minimum atomic E-state index is -0.802. The summed E-state index contributed by atoms with van der Waals surface area (Å²) in [5, 5.41) is 8.53. The van der Waals surface area contributed by atoms with Crippen molar-refractivity contribution in [2.75, 3.05) is 0 Å². The summed E-state index contributed by atoms with van der Waals surface area (Å²) in [6.07, 6.45) is 1.59. The van der Waals surface area contributed by atoms with Gasteiger partial charge in [-0.3, -0.25) is 9.78 Å². The van der Waals surface area contributed by atoms with Crippen molar-refractivity contribution >= 4 is 17.3 Å². The highest BCUT2D eigenvalue weighted by Crippen LogP contribution is 2.18. The molecular weight excluding hydrogens is 150 g/mol. The van der Waals surface area contributed by atoms with Crippen LogP contribution in [-0.4, -0.2) is 16.1 Å². The van der Waals surface area contributed by atoms with Gasteiger partial charge in [-0.05, 0) is 6.92 Å². The van der Waals surface area contributed by atoms with Gasteiger partial charge in [-0.15, -0.1) is 11.3 Å². The van der Waals surface area contributed by atoms with Crippen molar-refractivity contribution in [3.63, 3.8) is 0 Å². The minimum absolute atomic E-state index is 0.424. The van der Waals surface area contributed by atoms with Gasteiger partial charge < -0.3 is 5.11 Å². The molecule has 0 aromatic carbocycles. The predicted molar refractivity (Wildman–Crippen MR) is 38.2 cm³/mol. The Bertz CT molecular complexity index is 220. The van der Waals surface area contributed by atoms with Crippen LogP contribution in [0.4, 0.5) is 0 Å². The van der Waals surface area contributed by atoms with Gasteiger partial charge in [0, 0.05) is 11.1 Å². The molecule has 0 saturated carbocycles. The third kappa shape index (κ3) is 1.33. The van der Waals surface area contributed by atoms with Gasteiger partial charge >= 0.3 is 5.97 Å². The van der Waals surface area contributed by atoms with E-state index < -0.39 is 11.9 Å². The second-order valence-corrected chi connectivity index (χ2v) is 2.88. The molecule has 1 unspecified atom stereocenters. The number of rotatable bonds is 2. The van der Waals surface area contributed by atoms with E-state index in [-0.39, 0.29) is 0 Å². The van der Waals surface area contributed by atoms with Crippen molar-refractivity contribution in [2.45, 2.75) is 12.8 Å². The molecule has 1 atom stereocenters. The van der Waals surface area contributed by atoms with E-state index in [9.17, 15) is 4.79 Å². The van der Waals surface area contributed by atoms with Crippen molar-refractivity contribution in [1.29, 1.82) is 0 Å². The number of carboxylic acids is 1. The van der Waals surface area contributed by atoms with E-state index in [1.54, 1.807) is 18.6 Å². The average molecular weight is 157 g/mol. The van der Waals surface area contributed by atoms with Gasteiger partial charge in [-0.2, -0.15) is 0 Å². The quantitative estimate of drug-likeness (QED) is 0.704. The molecule has 1 aromatic rings. The molecule has 54 valence electrons. The Labute approximate surface area is 62.3 Å². The Balaban J connectivity index is 2.77. The highest BCUT2D eigenvalue weighted by molar-refractivity contribution is 7.09. The molecule has 1 aromatic heterocycles. The molecule has 0 aliphatic rings. The number of nitrogens with zero attached hydrogens (tertiary/aromatic N) is 1. The van der Waals surface area contributed by atoms with Crippen LogP contribution >= 0.6 is 11.3 Å². The molecule has 0 spiro atoms. The third-order valence-corrected chi connectivity index (χ3v) is 2.21. The summed E-state index contributed by atoms with van der Waals surface area (Å²) in [6, 6.07) is 0. The number of thiazole rings is 1. The van der Waals surface area contributed by atoms with Gasteiger partial charge in [0.15, 0.2) is 0 Å². The Morgan fingerprint density at radius 1 is 1.90 bits per heavy atom. The number of carbonyl (C=O) groups is 1. The fourth-order valence-corrected chi connectivity index (χ4v) is 1.23. The molecule has 0 bridgehead atoms. The summed E-state index contributed by atoms with van der Waals surface area (Å²) in [5.41, 5.74) is 1.63. The van der Waals surface area contributed by atoms with Crippen molar-refractivity contribution < 1.29 is 9.90 Å². The number of aromatic nitrogens is 1. The van der Waals surface area contributed by atoms with Crippen LogP contribution in [0.15, 0.2) is 11.7 Å². The molecule has 10 heavy (non-hydrogen) atoms. The number of aliphatic carboxylic acids is 1. The Hall–Kier alpha value is -0.900. The summed E-state index contributed by atoms with van der Waals surface area (Å²) in [5.74, 6) is -1.23. The molecule has 0 aliphatic carbocycles. The van der Waals surface area contributed by atoms with E-state index in [4.69, 9.17) is 5.11 Å². The maximum atomic E-state index is 10.4. The van der Waals surface area contributed by atoms with E-state index >= 15 is 0 Å². The molecule has 1 heterocycles. The van der Waals surface area contributed by atoms with Crippen LogP contribution in [0.5, 0.6) is 0 Å². The molecule has 0 fully saturated rings. The highest BCUT2D eigenvalue weighted by atomic mass is 32.1. The van der Waals surface area contributed by atoms with Crippen LogP contribution in [-0.2, 0) is 4.79 Å². The molecule has 0 aliphatic heterocycles. The Kier molecular flexibility index (Phi) is 2.01. The lowest BCUT2D eigenvalue weighted by Crippen LogP contribution is -2.05. The minimum Gasteiger partial charge on any atom is -0.481 e. The monoisotopic (exact) mass is 157 g/mol. The molecule has 1 rings (SSSR count). The fourth-order valence-electron chi connectivity index (χ4n) is 0.561. The lowest BCUT2D eigenvalue weighted by molar-refractivity contribution is -0.138. The first kappa shape index (κ1) is 7.21. The number of hydrogen-bond acceptors (Lipinski definition) is 3. The normalized spacial score (nSPS) is 12.9. The van der Waals surface area contributed by atoms with Crippen LogP contribution in [0, 0.1) is 0 Å². The standard InChI is InChI=1S/C6H7NO2S/c1-4(6(8)9)5-2-7-3-10-5/h2-4H,1H3,(H,8,9). The van der Waals surface area contributed by atoms with Crippen LogP contribution in [0.3, 0.4) is 0 Å². The van der Waals surface area contributed by atoms with Crippen LogP contribution < -0.4 is 0 Å². The second-order valence-electron chi connectivity index (χ2n) is 1.96. The molecule has 0 amide bonds. The van der Waals surface area contributed by atoms with Crippen molar-refractivity contribution in [2.24, 2.45) is 0 Å². The lowest BCUT2D eigenvalue weighted by Gasteiger charge is -1.98. The zero-order chi connectivity index (χ0) is 7.56. The average Bonchev–Trinajstić information content (AvgIpc) is 2.36. The zero-order valence-corrected chi connectivity index (χ0v) is 6.26. The maximum absolute atomic E-state index is 10.4. The summed E-state index contributed by atoms with van der Waals surface area (Å²) in [4.78, 5) is 15.0. The first-order chi connectivity index (χ1) is 4.72. The predicted octanol–water partition coefficient (Wildman–Crippen LogP) is 1.33. The van der Waals surface area contributed by atoms with Gasteiger partial charge in [0.2, 0.25) is 0 Å². The van der Waals surface area contributed by atoms with Gasteiger partial charge in [0.05, 0.1) is 11.4 Å². The van der Waals surface area contributed by atoms with E-state index in [1.807, 2.05) is 0 Å². The SMILES string of the molecule is CC(C(=O)O)c1cncs1. The highest BCUT2D eigenvalue weighted by Gasteiger charge is 2.14. The topological polar surface area (TPSA) is 50.2 Å². The summed E-state index contributed by atoms with van der Waals surface area (Å²) >= 11 is 1.37. The van der Waals surface area contributed by atoms with E-state index in [2.05, 4.69) is 4.98 Å². The third-order valence-electron chi connectivity index (χ3n) is 1.25. The zero-order valence-electron chi connectivity index (χ0n) is 5.44. The molecular formula is C6H7NO2S. The first-order valence-electron chi connectivity index (χ1n) is 2.83. The molecule has 0 radical (unpaired) electrons. The largest absolute Gasteiger partial charge is 0.481 e. The molecule has 4 heteroatoms. The van der Waals surface area contributed by atoms with Crippen molar-refractivity contribution in [1.82, 2.24) is 4.98 Å². The summed E-state index contributed by atoms with van der Waals surface area (Å²) < 4.78 is 0. The van der Waals surface area contributed by atoms with Gasteiger partial charge in [0.25, 0.3) is 0 Å². The first-order valence-corrected chi connectivity index (χ1v) is 3.71. The fraction of sp³-hybridized carbons (Fsp3) is 0.333. The lowest BCUT2D eigenvalue weighted by atomic mass is 10.2. The van der Waals surface area contributed by atoms with Crippen LogP contribution in [0.2, 0.25) is 0 Å². The summed E-state index contributed by atoms with van der Waals surface area (Å²) in [6.45, 7) is 1.65. The number of hydrogen-bond donors (Lipinski definition) is 1. The van der Waals surface area contributed by atoms with Crippen LogP contribution in [0.25, 0.3) is 0 Å². The van der Waals surface area contributed by atoms with Crippen LogP contribution in [0.1, 0.15) is 17.7 Å². The number of carboxylic acid groups (broad SMARTS) is 1. The van der Waals surface area contributed by atoms with E-state index in [1.165, 1.54) is 11.3 Å². The Morgan fingerprint density at radius 3 is 3.00 bits per heavy atom. The molecule has 1 N–H and O–H groups in total. The smallest absolute Gasteiger partial charge is 0.311 e. The van der Waals surface area contributed by atoms with Crippen molar-refractivity contribution in [3.8, 4) is 0 Å².